The summed E-state index contributed by atoms with van der Waals surface area (Å²) in [5.41, 5.74) is 3.52. The highest BCUT2D eigenvalue weighted by molar-refractivity contribution is 6.30. The first-order chi connectivity index (χ1) is 13.7. The molecule has 0 saturated carbocycles. The van der Waals surface area contributed by atoms with E-state index < -0.39 is 0 Å². The van der Waals surface area contributed by atoms with Crippen LogP contribution in [0.4, 0.5) is 5.69 Å². The average molecular weight is 391 g/mol. The van der Waals surface area contributed by atoms with Gasteiger partial charge in [0.2, 0.25) is 0 Å². The molecule has 0 aliphatic carbocycles. The molecule has 5 rings (SSSR count). The minimum absolute atomic E-state index is 0.0334. The molecule has 0 atom stereocenters. The Morgan fingerprint density at radius 1 is 0.964 bits per heavy atom. The largest absolute Gasteiger partial charge is 0.368 e. The third-order valence-electron chi connectivity index (χ3n) is 5.34. The van der Waals surface area contributed by atoms with Gasteiger partial charge in [-0.25, -0.2) is 0 Å². The second-order valence-electron chi connectivity index (χ2n) is 7.05. The SMILES string of the molecule is O=C(c1cc2ccc3cccnc3c2[nH]1)N1CCN(c2cccc(Cl)c2)CC1. The summed E-state index contributed by atoms with van der Waals surface area (Å²) >= 11 is 6.10. The van der Waals surface area contributed by atoms with E-state index in [1.54, 1.807) is 6.20 Å². The van der Waals surface area contributed by atoms with E-state index in [9.17, 15) is 4.79 Å². The zero-order chi connectivity index (χ0) is 19.1. The molecule has 0 radical (unpaired) electrons. The second kappa shape index (κ2) is 6.84. The Labute approximate surface area is 167 Å². The van der Waals surface area contributed by atoms with Gasteiger partial charge in [-0.2, -0.15) is 0 Å². The molecule has 0 spiro atoms. The molecule has 140 valence electrons. The fraction of sp³-hybridized carbons (Fsp3) is 0.182. The summed E-state index contributed by atoms with van der Waals surface area (Å²) < 4.78 is 0. The molecule has 1 amide bonds. The third-order valence-corrected chi connectivity index (χ3v) is 5.57. The number of nitrogens with zero attached hydrogens (tertiary/aromatic N) is 3. The van der Waals surface area contributed by atoms with E-state index in [2.05, 4.69) is 20.9 Å². The van der Waals surface area contributed by atoms with Gasteiger partial charge in [-0.1, -0.05) is 35.9 Å². The van der Waals surface area contributed by atoms with Crippen molar-refractivity contribution in [2.75, 3.05) is 31.1 Å². The highest BCUT2D eigenvalue weighted by Gasteiger charge is 2.24. The van der Waals surface area contributed by atoms with Gasteiger partial charge in [0.05, 0.1) is 11.0 Å². The lowest BCUT2D eigenvalue weighted by atomic mass is 10.1. The molecule has 1 N–H and O–H groups in total. The quantitative estimate of drug-likeness (QED) is 0.554. The molecule has 5 nitrogen and oxygen atoms in total. The van der Waals surface area contributed by atoms with Crippen LogP contribution in [0.1, 0.15) is 10.5 Å². The van der Waals surface area contributed by atoms with Crippen LogP contribution in [-0.4, -0.2) is 47.0 Å². The highest BCUT2D eigenvalue weighted by Crippen LogP contribution is 2.25. The van der Waals surface area contributed by atoms with Crippen LogP contribution in [0.25, 0.3) is 21.8 Å². The number of benzene rings is 2. The molecule has 1 aliphatic rings. The summed E-state index contributed by atoms with van der Waals surface area (Å²) in [5.74, 6) is 0.0334. The fourth-order valence-electron chi connectivity index (χ4n) is 3.86. The lowest BCUT2D eigenvalue weighted by Crippen LogP contribution is -2.48. The Morgan fingerprint density at radius 3 is 2.61 bits per heavy atom. The zero-order valence-corrected chi connectivity index (χ0v) is 16.0. The van der Waals surface area contributed by atoms with Crippen molar-refractivity contribution in [1.82, 2.24) is 14.9 Å². The number of nitrogens with one attached hydrogen (secondary N) is 1. The van der Waals surface area contributed by atoms with Crippen molar-refractivity contribution in [3.05, 3.63) is 71.5 Å². The molecule has 4 aromatic rings. The molecule has 0 bridgehead atoms. The minimum atomic E-state index is 0.0334. The average Bonchev–Trinajstić information content (AvgIpc) is 3.18. The molecule has 2 aromatic carbocycles. The number of hydrogen-bond donors (Lipinski definition) is 1. The van der Waals surface area contributed by atoms with Crippen LogP contribution in [-0.2, 0) is 0 Å². The van der Waals surface area contributed by atoms with Crippen molar-refractivity contribution in [2.45, 2.75) is 0 Å². The van der Waals surface area contributed by atoms with Crippen LogP contribution in [0.15, 0.2) is 60.8 Å². The van der Waals surface area contributed by atoms with Crippen molar-refractivity contribution in [2.24, 2.45) is 0 Å². The molecule has 6 heteroatoms. The smallest absolute Gasteiger partial charge is 0.270 e. The number of aromatic amines is 1. The molecule has 1 aliphatic heterocycles. The predicted molar refractivity (Wildman–Crippen MR) is 113 cm³/mol. The van der Waals surface area contributed by atoms with Gasteiger partial charge in [0.1, 0.15) is 5.69 Å². The Balaban J connectivity index is 1.36. The van der Waals surface area contributed by atoms with Crippen molar-refractivity contribution < 1.29 is 4.79 Å². The zero-order valence-electron chi connectivity index (χ0n) is 15.2. The Hall–Kier alpha value is -3.05. The van der Waals surface area contributed by atoms with Gasteiger partial charge >= 0.3 is 0 Å². The van der Waals surface area contributed by atoms with Crippen LogP contribution in [0.5, 0.6) is 0 Å². The lowest BCUT2D eigenvalue weighted by molar-refractivity contribution is 0.0742. The summed E-state index contributed by atoms with van der Waals surface area (Å²) in [6, 6.07) is 17.8. The number of anilines is 1. The predicted octanol–water partition coefficient (Wildman–Crippen LogP) is 4.33. The van der Waals surface area contributed by atoms with Crippen molar-refractivity contribution in [3.8, 4) is 0 Å². The summed E-state index contributed by atoms with van der Waals surface area (Å²) in [6.07, 6.45) is 1.78. The van der Waals surface area contributed by atoms with E-state index in [0.717, 1.165) is 45.6 Å². The Morgan fingerprint density at radius 2 is 1.79 bits per heavy atom. The molecule has 28 heavy (non-hydrogen) atoms. The van der Waals surface area contributed by atoms with Gasteiger partial charge in [0, 0.05) is 53.9 Å². The van der Waals surface area contributed by atoms with Crippen LogP contribution < -0.4 is 4.90 Å². The van der Waals surface area contributed by atoms with Crippen LogP contribution in [0.3, 0.4) is 0 Å². The summed E-state index contributed by atoms with van der Waals surface area (Å²) in [4.78, 5) is 25.0. The standard InChI is InChI=1S/C22H19ClN4O/c23-17-4-1-5-18(14-17)26-9-11-27(12-10-26)22(28)19-13-16-7-6-15-3-2-8-24-20(15)21(16)25-19/h1-8,13-14,25H,9-12H2. The number of H-pyrrole nitrogens is 1. The third kappa shape index (κ3) is 2.98. The number of halogens is 1. The van der Waals surface area contributed by atoms with Crippen LogP contribution in [0, 0.1) is 0 Å². The first-order valence-corrected chi connectivity index (χ1v) is 9.73. The van der Waals surface area contributed by atoms with Gasteiger partial charge in [-0.3, -0.25) is 9.78 Å². The van der Waals surface area contributed by atoms with E-state index in [0.29, 0.717) is 18.8 Å². The normalized spacial score (nSPS) is 14.8. The van der Waals surface area contributed by atoms with Gasteiger partial charge in [0.25, 0.3) is 5.91 Å². The van der Waals surface area contributed by atoms with E-state index in [1.165, 1.54) is 0 Å². The molecule has 2 aromatic heterocycles. The van der Waals surface area contributed by atoms with Gasteiger partial charge in [-0.05, 0) is 30.3 Å². The number of carbonyl (C=O) groups excluding carboxylic acids is 1. The number of piperazine rings is 1. The number of amides is 1. The monoisotopic (exact) mass is 390 g/mol. The van der Waals surface area contributed by atoms with Crippen LogP contribution >= 0.6 is 11.6 Å². The summed E-state index contributed by atoms with van der Waals surface area (Å²) in [6.45, 7) is 2.94. The first kappa shape index (κ1) is 17.1. The molecule has 1 fully saturated rings. The van der Waals surface area contributed by atoms with E-state index in [1.807, 2.05) is 53.4 Å². The minimum Gasteiger partial charge on any atom is -0.368 e. The van der Waals surface area contributed by atoms with E-state index >= 15 is 0 Å². The topological polar surface area (TPSA) is 52.2 Å². The number of rotatable bonds is 2. The first-order valence-electron chi connectivity index (χ1n) is 9.35. The number of hydrogen-bond acceptors (Lipinski definition) is 3. The fourth-order valence-corrected chi connectivity index (χ4v) is 4.05. The number of aromatic nitrogens is 2. The van der Waals surface area contributed by atoms with E-state index in [4.69, 9.17) is 11.6 Å². The van der Waals surface area contributed by atoms with Crippen molar-refractivity contribution in [3.63, 3.8) is 0 Å². The molecule has 3 heterocycles. The summed E-state index contributed by atoms with van der Waals surface area (Å²) in [5, 5.41) is 2.80. The van der Waals surface area contributed by atoms with Gasteiger partial charge in [-0.15, -0.1) is 0 Å². The Bertz CT molecular complexity index is 1180. The molecule has 1 saturated heterocycles. The number of fused-ring (bicyclic) bond motifs is 3. The summed E-state index contributed by atoms with van der Waals surface area (Å²) in [7, 11) is 0. The Kier molecular flexibility index (Phi) is 4.17. The maximum atomic E-state index is 13.0. The second-order valence-corrected chi connectivity index (χ2v) is 7.48. The van der Waals surface area contributed by atoms with Gasteiger partial charge in [0.15, 0.2) is 0 Å². The highest BCUT2D eigenvalue weighted by atomic mass is 35.5. The number of pyridine rings is 1. The van der Waals surface area contributed by atoms with E-state index in [-0.39, 0.29) is 5.91 Å². The lowest BCUT2D eigenvalue weighted by Gasteiger charge is -2.36. The molecule has 0 unspecified atom stereocenters. The number of carbonyl (C=O) groups is 1. The van der Waals surface area contributed by atoms with Crippen LogP contribution in [0.2, 0.25) is 5.02 Å². The van der Waals surface area contributed by atoms with Gasteiger partial charge < -0.3 is 14.8 Å². The van der Waals surface area contributed by atoms with Crippen molar-refractivity contribution >= 4 is 45.0 Å². The maximum Gasteiger partial charge on any atom is 0.270 e. The van der Waals surface area contributed by atoms with Crippen molar-refractivity contribution in [1.29, 1.82) is 0 Å². The molecular weight excluding hydrogens is 372 g/mol. The molecular formula is C22H19ClN4O. The maximum absolute atomic E-state index is 13.0.